The van der Waals surface area contributed by atoms with E-state index in [0.717, 1.165) is 0 Å². The van der Waals surface area contributed by atoms with Crippen LogP contribution in [-0.4, -0.2) is 37.0 Å². The zero-order chi connectivity index (χ0) is 12.6. The van der Waals surface area contributed by atoms with Crippen molar-refractivity contribution in [3.63, 3.8) is 0 Å². The van der Waals surface area contributed by atoms with E-state index in [4.69, 9.17) is 4.52 Å². The molecule has 0 unspecified atom stereocenters. The van der Waals surface area contributed by atoms with Crippen LogP contribution in [0, 0.1) is 13.8 Å². The van der Waals surface area contributed by atoms with Crippen molar-refractivity contribution in [1.82, 2.24) is 10.5 Å². The smallest absolute Gasteiger partial charge is 0.257 e. The molecule has 17 heavy (non-hydrogen) atoms. The van der Waals surface area contributed by atoms with Gasteiger partial charge in [-0.05, 0) is 20.3 Å². The van der Waals surface area contributed by atoms with E-state index in [1.54, 1.807) is 13.8 Å². The van der Waals surface area contributed by atoms with Crippen LogP contribution in [-0.2, 0) is 9.84 Å². The van der Waals surface area contributed by atoms with Gasteiger partial charge >= 0.3 is 0 Å². The van der Waals surface area contributed by atoms with E-state index in [-0.39, 0.29) is 23.5 Å². The first-order valence-electron chi connectivity index (χ1n) is 5.33. The fraction of sp³-hybridized carbons (Fsp3) is 0.600. The van der Waals surface area contributed by atoms with Crippen LogP contribution in [0.15, 0.2) is 4.52 Å². The van der Waals surface area contributed by atoms with E-state index in [9.17, 15) is 13.2 Å². The number of nitrogens with one attached hydrogen (secondary N) is 1. The van der Waals surface area contributed by atoms with E-state index in [0.29, 0.717) is 23.4 Å². The molecule has 0 aliphatic carbocycles. The zero-order valence-electron chi connectivity index (χ0n) is 9.69. The predicted molar refractivity (Wildman–Crippen MR) is 60.5 cm³/mol. The molecule has 0 radical (unpaired) electrons. The number of sulfone groups is 1. The van der Waals surface area contributed by atoms with E-state index < -0.39 is 9.84 Å². The number of carbonyl (C=O) groups excluding carboxylic acids is 1. The first kappa shape index (κ1) is 12.1. The number of hydrogen-bond donors (Lipinski definition) is 1. The lowest BCUT2D eigenvalue weighted by Crippen LogP contribution is -2.36. The van der Waals surface area contributed by atoms with Crippen LogP contribution in [0.25, 0.3) is 0 Å². The number of amides is 1. The minimum Gasteiger partial charge on any atom is -0.361 e. The highest BCUT2D eigenvalue weighted by Crippen LogP contribution is 2.15. The van der Waals surface area contributed by atoms with Crippen molar-refractivity contribution in [2.45, 2.75) is 26.3 Å². The largest absolute Gasteiger partial charge is 0.361 e. The quantitative estimate of drug-likeness (QED) is 0.819. The molecule has 0 spiro atoms. The molecule has 1 aliphatic heterocycles. The standard InChI is InChI=1S/C10H14N2O4S/c1-6-9(7(2)16-12-6)10(13)11-8-3-4-17(14,15)5-8/h8H,3-5H2,1-2H3,(H,11,13)/t8-/m1/s1. The van der Waals surface area contributed by atoms with Crippen LogP contribution in [0.2, 0.25) is 0 Å². The van der Waals surface area contributed by atoms with Gasteiger partial charge in [0.15, 0.2) is 9.84 Å². The molecule has 2 heterocycles. The summed E-state index contributed by atoms with van der Waals surface area (Å²) >= 11 is 0. The van der Waals surface area contributed by atoms with Crippen molar-refractivity contribution in [3.8, 4) is 0 Å². The van der Waals surface area contributed by atoms with Crippen LogP contribution in [0.1, 0.15) is 28.2 Å². The Hall–Kier alpha value is -1.37. The molecule has 1 saturated heterocycles. The molecule has 1 aromatic heterocycles. The van der Waals surface area contributed by atoms with Crippen molar-refractivity contribution in [2.75, 3.05) is 11.5 Å². The monoisotopic (exact) mass is 258 g/mol. The van der Waals surface area contributed by atoms with Gasteiger partial charge in [-0.1, -0.05) is 5.16 Å². The van der Waals surface area contributed by atoms with E-state index in [1.807, 2.05) is 0 Å². The molecular weight excluding hydrogens is 244 g/mol. The molecule has 1 N–H and O–H groups in total. The van der Waals surface area contributed by atoms with Crippen LogP contribution >= 0.6 is 0 Å². The molecule has 6 nitrogen and oxygen atoms in total. The van der Waals surface area contributed by atoms with Crippen LogP contribution < -0.4 is 5.32 Å². The van der Waals surface area contributed by atoms with Gasteiger partial charge < -0.3 is 9.84 Å². The van der Waals surface area contributed by atoms with Crippen molar-refractivity contribution in [2.24, 2.45) is 0 Å². The Morgan fingerprint density at radius 2 is 2.18 bits per heavy atom. The van der Waals surface area contributed by atoms with Crippen molar-refractivity contribution < 1.29 is 17.7 Å². The highest BCUT2D eigenvalue weighted by molar-refractivity contribution is 7.91. The molecule has 0 saturated carbocycles. The van der Waals surface area contributed by atoms with E-state index >= 15 is 0 Å². The summed E-state index contributed by atoms with van der Waals surface area (Å²) in [5.41, 5.74) is 0.912. The summed E-state index contributed by atoms with van der Waals surface area (Å²) in [5, 5.41) is 6.39. The van der Waals surface area contributed by atoms with Gasteiger partial charge in [0.05, 0.1) is 17.2 Å². The molecule has 1 aliphatic rings. The third-order valence-electron chi connectivity index (χ3n) is 2.83. The number of rotatable bonds is 2. The summed E-state index contributed by atoms with van der Waals surface area (Å²) in [6.07, 6.45) is 0.470. The fourth-order valence-corrected chi connectivity index (χ4v) is 3.65. The summed E-state index contributed by atoms with van der Waals surface area (Å²) in [4.78, 5) is 11.9. The van der Waals surface area contributed by atoms with E-state index in [1.165, 1.54) is 0 Å². The summed E-state index contributed by atoms with van der Waals surface area (Å²) in [6, 6.07) is -0.304. The third kappa shape index (κ3) is 2.49. The lowest BCUT2D eigenvalue weighted by molar-refractivity contribution is 0.0939. The molecule has 7 heteroatoms. The second-order valence-electron chi connectivity index (χ2n) is 4.27. The Balaban J connectivity index is 2.09. The number of nitrogens with zero attached hydrogens (tertiary/aromatic N) is 1. The van der Waals surface area contributed by atoms with Gasteiger partial charge in [0.1, 0.15) is 11.3 Å². The number of aromatic nitrogens is 1. The average Bonchev–Trinajstić information content (AvgIpc) is 2.70. The Labute approximate surface area is 99.3 Å². The average molecular weight is 258 g/mol. The first-order valence-corrected chi connectivity index (χ1v) is 7.15. The zero-order valence-corrected chi connectivity index (χ0v) is 10.5. The van der Waals surface area contributed by atoms with Gasteiger partial charge in [0.2, 0.25) is 0 Å². The Morgan fingerprint density at radius 1 is 1.47 bits per heavy atom. The van der Waals surface area contributed by atoms with Crippen molar-refractivity contribution in [1.29, 1.82) is 0 Å². The SMILES string of the molecule is Cc1noc(C)c1C(=O)N[C@@H]1CCS(=O)(=O)C1. The molecular formula is C10H14N2O4S. The number of aryl methyl sites for hydroxylation is 2. The Kier molecular flexibility index (Phi) is 2.94. The number of hydrogen-bond acceptors (Lipinski definition) is 5. The van der Waals surface area contributed by atoms with Gasteiger partial charge in [0.25, 0.3) is 5.91 Å². The van der Waals surface area contributed by atoms with Gasteiger partial charge in [-0.3, -0.25) is 4.79 Å². The normalized spacial score (nSPS) is 22.6. The Bertz CT molecular complexity index is 527. The predicted octanol–water partition coefficient (Wildman–Crippen LogP) is 0.208. The molecule has 1 aromatic rings. The first-order chi connectivity index (χ1) is 7.89. The maximum absolute atomic E-state index is 11.9. The summed E-state index contributed by atoms with van der Waals surface area (Å²) in [7, 11) is -2.98. The summed E-state index contributed by atoms with van der Waals surface area (Å²) in [5.74, 6) is 0.283. The molecule has 1 amide bonds. The lowest BCUT2D eigenvalue weighted by Gasteiger charge is -2.10. The summed E-state index contributed by atoms with van der Waals surface area (Å²) in [6.45, 7) is 3.33. The van der Waals surface area contributed by atoms with Gasteiger partial charge in [-0.2, -0.15) is 0 Å². The molecule has 94 valence electrons. The van der Waals surface area contributed by atoms with Gasteiger partial charge in [-0.25, -0.2) is 8.42 Å². The molecule has 2 rings (SSSR count). The fourth-order valence-electron chi connectivity index (χ4n) is 1.97. The van der Waals surface area contributed by atoms with Gasteiger partial charge in [0, 0.05) is 6.04 Å². The van der Waals surface area contributed by atoms with E-state index in [2.05, 4.69) is 10.5 Å². The number of carbonyl (C=O) groups is 1. The summed E-state index contributed by atoms with van der Waals surface area (Å²) < 4.78 is 27.4. The Morgan fingerprint density at radius 3 is 2.65 bits per heavy atom. The second kappa shape index (κ2) is 4.14. The lowest BCUT2D eigenvalue weighted by atomic mass is 10.1. The van der Waals surface area contributed by atoms with Crippen LogP contribution in [0.5, 0.6) is 0 Å². The van der Waals surface area contributed by atoms with Crippen LogP contribution in [0.4, 0.5) is 0 Å². The highest BCUT2D eigenvalue weighted by Gasteiger charge is 2.30. The van der Waals surface area contributed by atoms with Gasteiger partial charge in [-0.15, -0.1) is 0 Å². The minimum absolute atomic E-state index is 0.0160. The molecule has 1 fully saturated rings. The van der Waals surface area contributed by atoms with Crippen molar-refractivity contribution in [3.05, 3.63) is 17.0 Å². The molecule has 1 atom stereocenters. The topological polar surface area (TPSA) is 89.3 Å². The minimum atomic E-state index is -2.98. The maximum atomic E-state index is 11.9. The highest BCUT2D eigenvalue weighted by atomic mass is 32.2. The molecule has 0 aromatic carbocycles. The second-order valence-corrected chi connectivity index (χ2v) is 6.50. The maximum Gasteiger partial charge on any atom is 0.257 e. The third-order valence-corrected chi connectivity index (χ3v) is 4.60. The van der Waals surface area contributed by atoms with Crippen molar-refractivity contribution >= 4 is 15.7 Å². The molecule has 0 bridgehead atoms. The van der Waals surface area contributed by atoms with Crippen LogP contribution in [0.3, 0.4) is 0 Å².